The molecule has 8 nitrogen and oxygen atoms in total. The number of non-ortho nitro benzene ring substituents is 1. The zero-order valence-corrected chi connectivity index (χ0v) is 14.9. The summed E-state index contributed by atoms with van der Waals surface area (Å²) in [4.78, 5) is 12.8. The van der Waals surface area contributed by atoms with Crippen LogP contribution in [0.2, 0.25) is 0 Å². The highest BCUT2D eigenvalue weighted by Gasteiger charge is 2.22. The van der Waals surface area contributed by atoms with Gasteiger partial charge in [-0.15, -0.1) is 0 Å². The minimum atomic E-state index is -3.67. The number of benzene rings is 1. The molecular formula is C15H24N4O4S. The van der Waals surface area contributed by atoms with Crippen LogP contribution >= 0.6 is 0 Å². The predicted molar refractivity (Wildman–Crippen MR) is 91.7 cm³/mol. The summed E-state index contributed by atoms with van der Waals surface area (Å²) in [6.45, 7) is 8.25. The Balaban J connectivity index is 1.98. The molecule has 0 aliphatic carbocycles. The van der Waals surface area contributed by atoms with E-state index in [2.05, 4.69) is 14.9 Å². The van der Waals surface area contributed by atoms with Gasteiger partial charge in [0.25, 0.3) is 5.69 Å². The maximum absolute atomic E-state index is 12.5. The lowest BCUT2D eigenvalue weighted by atomic mass is 10.1. The predicted octanol–water partition coefficient (Wildman–Crippen LogP) is 0.785. The lowest BCUT2D eigenvalue weighted by Crippen LogP contribution is -2.44. The van der Waals surface area contributed by atoms with Crippen molar-refractivity contribution in [2.24, 2.45) is 0 Å². The first-order valence-electron chi connectivity index (χ1n) is 7.99. The number of nitro benzene ring substituents is 1. The van der Waals surface area contributed by atoms with E-state index in [9.17, 15) is 18.5 Å². The van der Waals surface area contributed by atoms with E-state index in [0.717, 1.165) is 39.1 Å². The fourth-order valence-corrected chi connectivity index (χ4v) is 4.50. The first kappa shape index (κ1) is 18.8. The molecule has 1 saturated heterocycles. The Morgan fingerprint density at radius 3 is 2.38 bits per heavy atom. The van der Waals surface area contributed by atoms with Gasteiger partial charge in [-0.2, -0.15) is 0 Å². The third-order valence-electron chi connectivity index (χ3n) is 4.08. The van der Waals surface area contributed by atoms with Gasteiger partial charge < -0.3 is 10.2 Å². The highest BCUT2D eigenvalue weighted by atomic mass is 32.2. The summed E-state index contributed by atoms with van der Waals surface area (Å²) in [6.07, 6.45) is 0.726. The lowest BCUT2D eigenvalue weighted by Gasteiger charge is -2.27. The smallest absolute Gasteiger partial charge is 0.270 e. The van der Waals surface area contributed by atoms with Crippen LogP contribution in [0.1, 0.15) is 17.5 Å². The van der Waals surface area contributed by atoms with Gasteiger partial charge in [-0.25, -0.2) is 13.1 Å². The average Bonchev–Trinajstić information content (AvgIpc) is 2.51. The van der Waals surface area contributed by atoms with Gasteiger partial charge in [0.15, 0.2) is 0 Å². The number of nitrogens with one attached hydrogen (secondary N) is 2. The van der Waals surface area contributed by atoms with Crippen molar-refractivity contribution in [2.75, 3.05) is 39.3 Å². The van der Waals surface area contributed by atoms with E-state index < -0.39 is 14.9 Å². The van der Waals surface area contributed by atoms with Crippen molar-refractivity contribution in [3.63, 3.8) is 0 Å². The zero-order chi connectivity index (χ0) is 17.7. The highest BCUT2D eigenvalue weighted by Crippen LogP contribution is 2.25. The van der Waals surface area contributed by atoms with Gasteiger partial charge in [-0.1, -0.05) is 0 Å². The molecule has 0 unspecified atom stereocenters. The summed E-state index contributed by atoms with van der Waals surface area (Å²) in [5, 5.41) is 14.1. The molecule has 0 saturated carbocycles. The summed E-state index contributed by atoms with van der Waals surface area (Å²) in [5.74, 6) is 0. The van der Waals surface area contributed by atoms with E-state index in [4.69, 9.17) is 0 Å². The molecule has 1 aromatic rings. The Bertz CT molecular complexity index is 676. The fraction of sp³-hybridized carbons (Fsp3) is 0.600. The second-order valence-corrected chi connectivity index (χ2v) is 7.71. The van der Waals surface area contributed by atoms with Crippen molar-refractivity contribution in [1.82, 2.24) is 14.9 Å². The molecule has 0 radical (unpaired) electrons. The van der Waals surface area contributed by atoms with Crippen molar-refractivity contribution < 1.29 is 13.3 Å². The van der Waals surface area contributed by atoms with Crippen LogP contribution in [-0.2, 0) is 10.0 Å². The molecule has 0 aromatic heterocycles. The number of nitro groups is 1. The molecule has 1 heterocycles. The van der Waals surface area contributed by atoms with E-state index in [1.54, 1.807) is 13.8 Å². The minimum absolute atomic E-state index is 0.0948. The van der Waals surface area contributed by atoms with Crippen LogP contribution in [0.5, 0.6) is 0 Å². The normalized spacial score (nSPS) is 16.2. The largest absolute Gasteiger partial charge is 0.314 e. The van der Waals surface area contributed by atoms with Gasteiger partial charge in [0.2, 0.25) is 10.0 Å². The maximum atomic E-state index is 12.5. The third kappa shape index (κ3) is 4.73. The molecule has 0 atom stereocenters. The highest BCUT2D eigenvalue weighted by molar-refractivity contribution is 7.89. The van der Waals surface area contributed by atoms with Crippen LogP contribution in [0.4, 0.5) is 5.69 Å². The van der Waals surface area contributed by atoms with Crippen LogP contribution in [0.25, 0.3) is 0 Å². The third-order valence-corrected chi connectivity index (χ3v) is 5.84. The van der Waals surface area contributed by atoms with E-state index in [1.807, 2.05) is 0 Å². The first-order valence-corrected chi connectivity index (χ1v) is 9.48. The Morgan fingerprint density at radius 1 is 1.25 bits per heavy atom. The number of aryl methyl sites for hydroxylation is 2. The summed E-state index contributed by atoms with van der Waals surface area (Å²) < 4.78 is 27.6. The Kier molecular flexibility index (Phi) is 6.27. The number of hydrogen-bond acceptors (Lipinski definition) is 6. The number of piperazine rings is 1. The van der Waals surface area contributed by atoms with E-state index >= 15 is 0 Å². The van der Waals surface area contributed by atoms with E-state index in [1.165, 1.54) is 12.1 Å². The first-order chi connectivity index (χ1) is 11.3. The monoisotopic (exact) mass is 356 g/mol. The van der Waals surface area contributed by atoms with E-state index in [0.29, 0.717) is 17.7 Å². The molecule has 1 fully saturated rings. The SMILES string of the molecule is Cc1cc([N+](=O)[O-])cc(C)c1S(=O)(=O)NCCCN1CCNCC1. The topological polar surface area (TPSA) is 105 Å². The zero-order valence-electron chi connectivity index (χ0n) is 14.0. The van der Waals surface area contributed by atoms with Crippen LogP contribution in [0, 0.1) is 24.0 Å². The van der Waals surface area contributed by atoms with Gasteiger partial charge in [-0.05, 0) is 37.9 Å². The van der Waals surface area contributed by atoms with Crippen molar-refractivity contribution in [2.45, 2.75) is 25.2 Å². The van der Waals surface area contributed by atoms with Crippen molar-refractivity contribution in [3.05, 3.63) is 33.4 Å². The molecule has 0 spiro atoms. The number of hydrogen-bond donors (Lipinski definition) is 2. The quantitative estimate of drug-likeness (QED) is 0.425. The van der Waals surface area contributed by atoms with Crippen LogP contribution in [-0.4, -0.2) is 57.5 Å². The average molecular weight is 356 g/mol. The van der Waals surface area contributed by atoms with Crippen molar-refractivity contribution in [3.8, 4) is 0 Å². The summed E-state index contributed by atoms with van der Waals surface area (Å²) >= 11 is 0. The standard InChI is InChI=1S/C15H24N4O4S/c1-12-10-14(19(20)21)11-13(2)15(12)24(22,23)17-4-3-7-18-8-5-16-6-9-18/h10-11,16-17H,3-9H2,1-2H3. The molecule has 2 N–H and O–H groups in total. The van der Waals surface area contributed by atoms with Gasteiger partial charge in [-0.3, -0.25) is 10.1 Å². The molecule has 1 aliphatic rings. The van der Waals surface area contributed by atoms with Gasteiger partial charge in [0.1, 0.15) is 0 Å². The van der Waals surface area contributed by atoms with Crippen LogP contribution in [0.15, 0.2) is 17.0 Å². The van der Waals surface area contributed by atoms with Gasteiger partial charge in [0, 0.05) is 44.9 Å². The number of nitrogens with zero attached hydrogens (tertiary/aromatic N) is 2. The Morgan fingerprint density at radius 2 is 1.83 bits per heavy atom. The fourth-order valence-electron chi connectivity index (χ4n) is 2.97. The second kappa shape index (κ2) is 8.02. The molecule has 0 amide bonds. The molecule has 0 bridgehead atoms. The summed E-state index contributed by atoms with van der Waals surface area (Å²) in [6, 6.07) is 2.59. The molecular weight excluding hydrogens is 332 g/mol. The molecule has 2 rings (SSSR count). The van der Waals surface area contributed by atoms with Gasteiger partial charge in [0.05, 0.1) is 9.82 Å². The minimum Gasteiger partial charge on any atom is -0.314 e. The summed E-state index contributed by atoms with van der Waals surface area (Å²) in [7, 11) is -3.67. The van der Waals surface area contributed by atoms with Crippen LogP contribution < -0.4 is 10.0 Å². The van der Waals surface area contributed by atoms with Gasteiger partial charge >= 0.3 is 0 Å². The molecule has 1 aromatic carbocycles. The number of sulfonamides is 1. The maximum Gasteiger partial charge on any atom is 0.270 e. The molecule has 134 valence electrons. The summed E-state index contributed by atoms with van der Waals surface area (Å²) in [5.41, 5.74) is 0.676. The number of rotatable bonds is 7. The lowest BCUT2D eigenvalue weighted by molar-refractivity contribution is -0.385. The van der Waals surface area contributed by atoms with E-state index in [-0.39, 0.29) is 10.6 Å². The van der Waals surface area contributed by atoms with Crippen molar-refractivity contribution in [1.29, 1.82) is 0 Å². The molecule has 9 heteroatoms. The van der Waals surface area contributed by atoms with Crippen LogP contribution in [0.3, 0.4) is 0 Å². The Labute approximate surface area is 142 Å². The molecule has 1 aliphatic heterocycles. The second-order valence-electron chi connectivity index (χ2n) is 6.01. The molecule has 24 heavy (non-hydrogen) atoms. The Hall–Kier alpha value is -1.55. The van der Waals surface area contributed by atoms with Crippen molar-refractivity contribution >= 4 is 15.7 Å².